The van der Waals surface area contributed by atoms with Gasteiger partial charge < -0.3 is 5.32 Å². The summed E-state index contributed by atoms with van der Waals surface area (Å²) in [6, 6.07) is 0.679. The molecule has 1 aliphatic rings. The van der Waals surface area contributed by atoms with Gasteiger partial charge in [-0.25, -0.2) is 0 Å². The molecule has 0 saturated heterocycles. The van der Waals surface area contributed by atoms with E-state index >= 15 is 0 Å². The normalized spacial score (nSPS) is 29.5. The molecule has 0 bridgehead atoms. The molecule has 0 amide bonds. The van der Waals surface area contributed by atoms with Gasteiger partial charge in [-0.2, -0.15) is 5.10 Å². The Morgan fingerprint density at radius 3 is 2.82 bits per heavy atom. The number of hydrogen-bond acceptors (Lipinski definition) is 2. The molecule has 1 aromatic rings. The molecule has 1 heterocycles. The summed E-state index contributed by atoms with van der Waals surface area (Å²) < 4.78 is 1.95. The lowest BCUT2D eigenvalue weighted by atomic mass is 9.80. The molecular formula is C14H25N3. The number of hydrogen-bond donors (Lipinski definition) is 1. The van der Waals surface area contributed by atoms with Gasteiger partial charge >= 0.3 is 0 Å². The Labute approximate surface area is 105 Å². The molecule has 1 saturated carbocycles. The molecule has 3 nitrogen and oxygen atoms in total. The van der Waals surface area contributed by atoms with E-state index in [2.05, 4.69) is 31.2 Å². The van der Waals surface area contributed by atoms with Crippen molar-refractivity contribution in [3.8, 4) is 0 Å². The van der Waals surface area contributed by atoms with Crippen molar-refractivity contribution >= 4 is 0 Å². The van der Waals surface area contributed by atoms with E-state index in [4.69, 9.17) is 0 Å². The molecule has 3 unspecified atom stereocenters. The lowest BCUT2D eigenvalue weighted by molar-refractivity contribution is 0.227. The highest BCUT2D eigenvalue weighted by Gasteiger charge is 2.25. The number of aromatic nitrogens is 2. The van der Waals surface area contributed by atoms with E-state index in [9.17, 15) is 0 Å². The minimum atomic E-state index is 0.679. The zero-order valence-electron chi connectivity index (χ0n) is 11.5. The van der Waals surface area contributed by atoms with Gasteiger partial charge in [-0.05, 0) is 31.6 Å². The fourth-order valence-electron chi connectivity index (χ4n) is 2.78. The Kier molecular flexibility index (Phi) is 3.87. The fraction of sp³-hybridized carbons (Fsp3) is 0.786. The quantitative estimate of drug-likeness (QED) is 0.873. The molecular weight excluding hydrogens is 210 g/mol. The topological polar surface area (TPSA) is 29.9 Å². The van der Waals surface area contributed by atoms with E-state index < -0.39 is 0 Å². The van der Waals surface area contributed by atoms with Crippen molar-refractivity contribution in [1.29, 1.82) is 0 Å². The van der Waals surface area contributed by atoms with Crippen molar-refractivity contribution in [2.45, 2.75) is 52.6 Å². The van der Waals surface area contributed by atoms with Gasteiger partial charge in [-0.3, -0.25) is 4.68 Å². The molecule has 1 aliphatic carbocycles. The number of rotatable bonds is 3. The lowest BCUT2D eigenvalue weighted by Crippen LogP contribution is -2.39. The largest absolute Gasteiger partial charge is 0.310 e. The average molecular weight is 235 g/mol. The summed E-state index contributed by atoms with van der Waals surface area (Å²) in [7, 11) is 2.00. The second-order valence-electron chi connectivity index (χ2n) is 5.76. The SMILES string of the molecule is Cc1c(CNC2CC(C)CCC2C)cnn1C. The smallest absolute Gasteiger partial charge is 0.0537 e. The van der Waals surface area contributed by atoms with Crippen LogP contribution in [-0.2, 0) is 13.6 Å². The minimum absolute atomic E-state index is 0.679. The maximum absolute atomic E-state index is 4.29. The predicted octanol–water partition coefficient (Wildman–Crippen LogP) is 2.64. The van der Waals surface area contributed by atoms with Crippen molar-refractivity contribution in [1.82, 2.24) is 15.1 Å². The third kappa shape index (κ3) is 2.89. The first kappa shape index (κ1) is 12.6. The van der Waals surface area contributed by atoms with Crippen LogP contribution >= 0.6 is 0 Å². The Morgan fingerprint density at radius 1 is 1.41 bits per heavy atom. The van der Waals surface area contributed by atoms with E-state index in [1.807, 2.05) is 17.9 Å². The zero-order valence-corrected chi connectivity index (χ0v) is 11.5. The van der Waals surface area contributed by atoms with Crippen LogP contribution in [0.25, 0.3) is 0 Å². The number of aryl methyl sites for hydroxylation is 1. The van der Waals surface area contributed by atoms with Crippen molar-refractivity contribution < 1.29 is 0 Å². The molecule has 0 radical (unpaired) electrons. The van der Waals surface area contributed by atoms with Gasteiger partial charge in [0.05, 0.1) is 6.20 Å². The predicted molar refractivity (Wildman–Crippen MR) is 70.8 cm³/mol. The second kappa shape index (κ2) is 5.21. The highest BCUT2D eigenvalue weighted by Crippen LogP contribution is 2.28. The highest BCUT2D eigenvalue weighted by atomic mass is 15.3. The first-order valence-electron chi connectivity index (χ1n) is 6.78. The van der Waals surface area contributed by atoms with Crippen LogP contribution in [0.15, 0.2) is 6.20 Å². The van der Waals surface area contributed by atoms with Crippen LogP contribution in [-0.4, -0.2) is 15.8 Å². The van der Waals surface area contributed by atoms with Gasteiger partial charge in [0.1, 0.15) is 0 Å². The Hall–Kier alpha value is -0.830. The van der Waals surface area contributed by atoms with Gasteiger partial charge in [0.25, 0.3) is 0 Å². The second-order valence-corrected chi connectivity index (χ2v) is 5.76. The third-order valence-electron chi connectivity index (χ3n) is 4.35. The van der Waals surface area contributed by atoms with Crippen molar-refractivity contribution in [2.24, 2.45) is 18.9 Å². The molecule has 0 spiro atoms. The van der Waals surface area contributed by atoms with Gasteiger partial charge in [0.2, 0.25) is 0 Å². The van der Waals surface area contributed by atoms with Crippen LogP contribution in [0.5, 0.6) is 0 Å². The van der Waals surface area contributed by atoms with Gasteiger partial charge in [0, 0.05) is 30.9 Å². The van der Waals surface area contributed by atoms with Crippen molar-refractivity contribution in [3.05, 3.63) is 17.5 Å². The first-order valence-corrected chi connectivity index (χ1v) is 6.78. The monoisotopic (exact) mass is 235 g/mol. The van der Waals surface area contributed by atoms with Gasteiger partial charge in [-0.1, -0.05) is 20.3 Å². The standard InChI is InChI=1S/C14H25N3/c1-10-5-6-11(2)14(7-10)15-8-13-9-16-17(4)12(13)3/h9-11,14-15H,5-8H2,1-4H3. The van der Waals surface area contributed by atoms with E-state index in [1.165, 1.54) is 30.5 Å². The van der Waals surface area contributed by atoms with E-state index in [-0.39, 0.29) is 0 Å². The first-order chi connectivity index (χ1) is 8.08. The van der Waals surface area contributed by atoms with E-state index in [0.717, 1.165) is 18.4 Å². The van der Waals surface area contributed by atoms with Gasteiger partial charge in [-0.15, -0.1) is 0 Å². The highest BCUT2D eigenvalue weighted by molar-refractivity contribution is 5.15. The molecule has 3 atom stereocenters. The molecule has 0 aromatic carbocycles. The molecule has 1 N–H and O–H groups in total. The summed E-state index contributed by atoms with van der Waals surface area (Å²) in [6.07, 6.45) is 6.07. The zero-order chi connectivity index (χ0) is 12.4. The number of nitrogens with zero attached hydrogens (tertiary/aromatic N) is 2. The summed E-state index contributed by atoms with van der Waals surface area (Å²) in [5.74, 6) is 1.68. The Balaban J connectivity index is 1.91. The number of nitrogens with one attached hydrogen (secondary N) is 1. The average Bonchev–Trinajstić information content (AvgIpc) is 2.62. The molecule has 96 valence electrons. The molecule has 0 aliphatic heterocycles. The molecule has 3 heteroatoms. The summed E-state index contributed by atoms with van der Waals surface area (Å²) in [5.41, 5.74) is 2.60. The molecule has 2 rings (SSSR count). The van der Waals surface area contributed by atoms with Gasteiger partial charge in [0.15, 0.2) is 0 Å². The Morgan fingerprint density at radius 2 is 2.18 bits per heavy atom. The van der Waals surface area contributed by atoms with Crippen LogP contribution in [0.4, 0.5) is 0 Å². The lowest BCUT2D eigenvalue weighted by Gasteiger charge is -2.33. The summed E-state index contributed by atoms with van der Waals surface area (Å²) >= 11 is 0. The summed E-state index contributed by atoms with van der Waals surface area (Å²) in [5, 5.41) is 8.01. The van der Waals surface area contributed by atoms with Crippen LogP contribution in [0.2, 0.25) is 0 Å². The van der Waals surface area contributed by atoms with Crippen LogP contribution in [0.3, 0.4) is 0 Å². The fourth-order valence-corrected chi connectivity index (χ4v) is 2.78. The van der Waals surface area contributed by atoms with E-state index in [1.54, 1.807) is 0 Å². The maximum atomic E-state index is 4.29. The molecule has 1 fully saturated rings. The molecule has 17 heavy (non-hydrogen) atoms. The van der Waals surface area contributed by atoms with Crippen LogP contribution in [0.1, 0.15) is 44.4 Å². The minimum Gasteiger partial charge on any atom is -0.310 e. The maximum Gasteiger partial charge on any atom is 0.0537 e. The Bertz CT molecular complexity index is 370. The van der Waals surface area contributed by atoms with Crippen molar-refractivity contribution in [3.63, 3.8) is 0 Å². The van der Waals surface area contributed by atoms with Crippen LogP contribution in [0, 0.1) is 18.8 Å². The summed E-state index contributed by atoms with van der Waals surface area (Å²) in [4.78, 5) is 0. The van der Waals surface area contributed by atoms with E-state index in [0.29, 0.717) is 6.04 Å². The third-order valence-corrected chi connectivity index (χ3v) is 4.35. The molecule has 1 aromatic heterocycles. The summed E-state index contributed by atoms with van der Waals surface area (Å²) in [6.45, 7) is 7.84. The van der Waals surface area contributed by atoms with Crippen LogP contribution < -0.4 is 5.32 Å². The van der Waals surface area contributed by atoms with Crippen molar-refractivity contribution in [2.75, 3.05) is 0 Å².